The van der Waals surface area contributed by atoms with Gasteiger partial charge in [0.2, 0.25) is 11.8 Å². The molecule has 7 nitrogen and oxygen atoms in total. The number of rotatable bonds is 6. The number of ether oxygens (including phenoxy) is 1. The largest absolute Gasteiger partial charge is 0.454 e. The number of benzene rings is 1. The average Bonchev–Trinajstić information content (AvgIpc) is 3.54. The van der Waals surface area contributed by atoms with Crippen LogP contribution in [0.3, 0.4) is 0 Å². The van der Waals surface area contributed by atoms with Crippen LogP contribution in [-0.4, -0.2) is 41.2 Å². The highest BCUT2D eigenvalue weighted by Gasteiger charge is 2.68. The van der Waals surface area contributed by atoms with Crippen molar-refractivity contribution in [3.8, 4) is 0 Å². The van der Waals surface area contributed by atoms with Crippen molar-refractivity contribution >= 4 is 29.4 Å². The van der Waals surface area contributed by atoms with E-state index in [1.165, 1.54) is 24.3 Å². The number of hydrogen-bond acceptors (Lipinski definition) is 5. The third-order valence-electron chi connectivity index (χ3n) is 7.32. The molecule has 3 amide bonds. The summed E-state index contributed by atoms with van der Waals surface area (Å²) in [5.74, 6) is -2.45. The summed E-state index contributed by atoms with van der Waals surface area (Å²) in [5.41, 5.74) is 0.364. The lowest BCUT2D eigenvalue weighted by Crippen LogP contribution is -2.49. The number of carbonyl (C=O) groups excluding carboxylic acids is 4. The molecule has 7 atom stereocenters. The molecule has 1 aromatic carbocycles. The standard InChI is InChI=1S/C24H25FN2O5/c1-11(2)21(24(31)32-10-18(28)26-13-5-3-12(25)4-6-13)27-22(29)19-14-7-8-15(17-9-16(14)17)20(19)23(27)30/h3-8,11,14-17,19-21H,9-10H2,1-2H3,(H,26,28)/t14-,15-,16-,17+,19-,20+,21+/m0/s1. The Kier molecular flexibility index (Phi) is 4.91. The van der Waals surface area contributed by atoms with Crippen LogP contribution in [0.15, 0.2) is 36.4 Å². The summed E-state index contributed by atoms with van der Waals surface area (Å²) in [6.07, 6.45) is 5.23. The number of nitrogens with zero attached hydrogens (tertiary/aromatic N) is 1. The second-order valence-electron chi connectivity index (χ2n) is 9.55. The summed E-state index contributed by atoms with van der Waals surface area (Å²) >= 11 is 0. The van der Waals surface area contributed by atoms with Crippen molar-refractivity contribution in [1.82, 2.24) is 4.90 Å². The lowest BCUT2D eigenvalue weighted by molar-refractivity contribution is -0.162. The maximum Gasteiger partial charge on any atom is 0.330 e. The Morgan fingerprint density at radius 2 is 1.62 bits per heavy atom. The molecule has 3 fully saturated rings. The zero-order chi connectivity index (χ0) is 22.7. The van der Waals surface area contributed by atoms with Crippen LogP contribution in [0, 0.1) is 47.2 Å². The minimum Gasteiger partial charge on any atom is -0.454 e. The molecule has 1 saturated heterocycles. The number of likely N-dealkylation sites (tertiary alicyclic amines) is 1. The maximum absolute atomic E-state index is 13.3. The monoisotopic (exact) mass is 440 g/mol. The highest BCUT2D eigenvalue weighted by Crippen LogP contribution is 2.65. The molecule has 2 saturated carbocycles. The number of anilines is 1. The average molecular weight is 440 g/mol. The Balaban J connectivity index is 1.27. The Hall–Kier alpha value is -3.03. The molecule has 2 bridgehead atoms. The molecule has 5 aliphatic rings. The molecule has 1 aliphatic heterocycles. The van der Waals surface area contributed by atoms with Gasteiger partial charge in [-0.1, -0.05) is 26.0 Å². The predicted molar refractivity (Wildman–Crippen MR) is 111 cm³/mol. The van der Waals surface area contributed by atoms with Gasteiger partial charge in [0.25, 0.3) is 5.91 Å². The topological polar surface area (TPSA) is 92.8 Å². The third kappa shape index (κ3) is 3.24. The SMILES string of the molecule is CC(C)[C@H](C(=O)OCC(=O)Nc1ccc(F)cc1)N1C(=O)[C@@H]2[C@H]3C=C[C@@H]([C@@H]4C[C@H]34)[C@@H]2C1=O. The molecule has 8 heteroatoms. The quantitative estimate of drug-likeness (QED) is 0.417. The summed E-state index contributed by atoms with van der Waals surface area (Å²) in [5, 5.41) is 2.51. The first-order valence-electron chi connectivity index (χ1n) is 11.0. The van der Waals surface area contributed by atoms with Gasteiger partial charge in [-0.25, -0.2) is 9.18 Å². The van der Waals surface area contributed by atoms with Gasteiger partial charge >= 0.3 is 5.97 Å². The Morgan fingerprint density at radius 3 is 2.16 bits per heavy atom. The first kappa shape index (κ1) is 20.8. The number of nitrogens with one attached hydrogen (secondary N) is 1. The van der Waals surface area contributed by atoms with E-state index in [1.54, 1.807) is 13.8 Å². The van der Waals surface area contributed by atoms with E-state index in [0.717, 1.165) is 11.3 Å². The van der Waals surface area contributed by atoms with E-state index in [2.05, 4.69) is 17.5 Å². The van der Waals surface area contributed by atoms with Gasteiger partial charge < -0.3 is 10.1 Å². The molecule has 0 spiro atoms. The second kappa shape index (κ2) is 7.53. The van der Waals surface area contributed by atoms with Gasteiger partial charge in [0.15, 0.2) is 6.61 Å². The van der Waals surface area contributed by atoms with Crippen molar-refractivity contribution in [2.45, 2.75) is 26.3 Å². The Morgan fingerprint density at radius 1 is 1.06 bits per heavy atom. The van der Waals surface area contributed by atoms with Crippen molar-refractivity contribution in [3.63, 3.8) is 0 Å². The number of allylic oxidation sites excluding steroid dienone is 2. The highest BCUT2D eigenvalue weighted by atomic mass is 19.1. The normalized spacial score (nSPS) is 32.6. The van der Waals surface area contributed by atoms with E-state index in [-0.39, 0.29) is 29.6 Å². The van der Waals surface area contributed by atoms with Gasteiger partial charge in [-0.3, -0.25) is 19.3 Å². The molecule has 6 rings (SSSR count). The lowest BCUT2D eigenvalue weighted by Gasteiger charge is -2.37. The van der Waals surface area contributed by atoms with Gasteiger partial charge in [-0.15, -0.1) is 0 Å². The van der Waals surface area contributed by atoms with Gasteiger partial charge in [0.05, 0.1) is 11.8 Å². The van der Waals surface area contributed by atoms with Gasteiger partial charge in [-0.05, 0) is 60.3 Å². The molecule has 1 aromatic rings. The predicted octanol–water partition coefficient (Wildman–Crippen LogP) is 2.39. The zero-order valence-corrected chi connectivity index (χ0v) is 17.9. The van der Waals surface area contributed by atoms with Crippen molar-refractivity contribution in [1.29, 1.82) is 0 Å². The maximum atomic E-state index is 13.3. The van der Waals surface area contributed by atoms with Crippen molar-refractivity contribution < 1.29 is 28.3 Å². The fraction of sp³-hybridized carbons (Fsp3) is 0.500. The molecule has 168 valence electrons. The zero-order valence-electron chi connectivity index (χ0n) is 17.9. The van der Waals surface area contributed by atoms with Crippen molar-refractivity contribution in [3.05, 3.63) is 42.2 Å². The van der Waals surface area contributed by atoms with Crippen LogP contribution >= 0.6 is 0 Å². The van der Waals surface area contributed by atoms with Crippen LogP contribution in [0.1, 0.15) is 20.3 Å². The number of hydrogen-bond donors (Lipinski definition) is 1. The van der Waals surface area contributed by atoms with E-state index in [4.69, 9.17) is 4.74 Å². The van der Waals surface area contributed by atoms with Crippen LogP contribution in [0.5, 0.6) is 0 Å². The molecule has 0 aromatic heterocycles. The molecular formula is C24H25FN2O5. The minimum absolute atomic E-state index is 0.0711. The molecular weight excluding hydrogens is 415 g/mol. The van der Waals surface area contributed by atoms with Crippen LogP contribution in [0.2, 0.25) is 0 Å². The molecule has 1 heterocycles. The van der Waals surface area contributed by atoms with Gasteiger partial charge in [-0.2, -0.15) is 0 Å². The van der Waals surface area contributed by atoms with Crippen LogP contribution in [-0.2, 0) is 23.9 Å². The van der Waals surface area contributed by atoms with E-state index in [0.29, 0.717) is 17.5 Å². The lowest BCUT2D eigenvalue weighted by atomic mass is 9.63. The van der Waals surface area contributed by atoms with Crippen LogP contribution in [0.4, 0.5) is 10.1 Å². The number of amides is 3. The van der Waals surface area contributed by atoms with E-state index >= 15 is 0 Å². The van der Waals surface area contributed by atoms with Gasteiger partial charge in [0.1, 0.15) is 11.9 Å². The first-order valence-corrected chi connectivity index (χ1v) is 11.0. The number of carbonyl (C=O) groups is 4. The summed E-state index contributed by atoms with van der Waals surface area (Å²) in [7, 11) is 0. The van der Waals surface area contributed by atoms with E-state index in [9.17, 15) is 23.6 Å². The summed E-state index contributed by atoms with van der Waals surface area (Å²) in [4.78, 5) is 52.8. The van der Waals surface area contributed by atoms with Crippen molar-refractivity contribution in [2.24, 2.45) is 41.4 Å². The molecule has 0 unspecified atom stereocenters. The number of halogens is 1. The number of imide groups is 1. The molecule has 1 N–H and O–H groups in total. The van der Waals surface area contributed by atoms with Gasteiger partial charge in [0, 0.05) is 5.69 Å². The van der Waals surface area contributed by atoms with Crippen LogP contribution in [0.25, 0.3) is 0 Å². The molecule has 32 heavy (non-hydrogen) atoms. The minimum atomic E-state index is -1.07. The van der Waals surface area contributed by atoms with Crippen molar-refractivity contribution in [2.75, 3.05) is 11.9 Å². The second-order valence-corrected chi connectivity index (χ2v) is 9.55. The summed E-state index contributed by atoms with van der Waals surface area (Å²) in [6, 6.07) is 4.11. The summed E-state index contributed by atoms with van der Waals surface area (Å²) < 4.78 is 18.2. The van der Waals surface area contributed by atoms with E-state index in [1.807, 2.05) is 0 Å². The first-order chi connectivity index (χ1) is 15.3. The highest BCUT2D eigenvalue weighted by molar-refractivity contribution is 6.09. The van der Waals surface area contributed by atoms with E-state index < -0.39 is 42.2 Å². The molecule has 0 radical (unpaired) electrons. The Bertz CT molecular complexity index is 984. The summed E-state index contributed by atoms with van der Waals surface area (Å²) in [6.45, 7) is 2.92. The van der Waals surface area contributed by atoms with Crippen LogP contribution < -0.4 is 5.32 Å². The number of esters is 1. The molecule has 4 aliphatic carbocycles. The fourth-order valence-electron chi connectivity index (χ4n) is 5.88. The fourth-order valence-corrected chi connectivity index (χ4v) is 5.88. The Labute approximate surface area is 185 Å². The smallest absolute Gasteiger partial charge is 0.330 e. The third-order valence-corrected chi connectivity index (χ3v) is 7.32.